The summed E-state index contributed by atoms with van der Waals surface area (Å²) in [6, 6.07) is 8.40. The van der Waals surface area contributed by atoms with Crippen LogP contribution in [0.1, 0.15) is 28.3 Å². The van der Waals surface area contributed by atoms with E-state index in [4.69, 9.17) is 17.3 Å². The number of sulfonamides is 1. The third kappa shape index (κ3) is 3.64. The monoisotopic (exact) mass is 344 g/mol. The fourth-order valence-corrected chi connectivity index (χ4v) is 5.11. The fraction of sp³-hybridized carbons (Fsp3) is 0.286. The first kappa shape index (κ1) is 16.5. The number of hydrogen-bond donors (Lipinski definition) is 2. The predicted molar refractivity (Wildman–Crippen MR) is 87.1 cm³/mol. The lowest BCUT2D eigenvalue weighted by molar-refractivity contribution is 0.567. The summed E-state index contributed by atoms with van der Waals surface area (Å²) in [6.45, 7) is 3.88. The molecule has 0 fully saturated rings. The zero-order chi connectivity index (χ0) is 15.6. The number of hydrogen-bond acceptors (Lipinski definition) is 4. The molecule has 1 atom stereocenters. The summed E-state index contributed by atoms with van der Waals surface area (Å²) >= 11 is 7.50. The van der Waals surface area contributed by atoms with Crippen molar-refractivity contribution in [1.82, 2.24) is 4.72 Å². The molecule has 114 valence electrons. The Hall–Kier alpha value is -0.920. The number of nitrogens with one attached hydrogen (secondary N) is 1. The van der Waals surface area contributed by atoms with Crippen molar-refractivity contribution in [2.45, 2.75) is 31.3 Å². The molecule has 1 unspecified atom stereocenters. The molecule has 7 heteroatoms. The van der Waals surface area contributed by atoms with Crippen LogP contribution in [0.5, 0.6) is 0 Å². The van der Waals surface area contributed by atoms with E-state index in [9.17, 15) is 8.42 Å². The van der Waals surface area contributed by atoms with Crippen molar-refractivity contribution in [2.75, 3.05) is 0 Å². The molecule has 0 spiro atoms. The van der Waals surface area contributed by atoms with Crippen molar-refractivity contribution in [3.63, 3.8) is 0 Å². The Morgan fingerprint density at radius 3 is 2.62 bits per heavy atom. The maximum Gasteiger partial charge on any atom is 0.242 e. The molecule has 0 bridgehead atoms. The van der Waals surface area contributed by atoms with Crippen molar-refractivity contribution < 1.29 is 8.42 Å². The lowest BCUT2D eigenvalue weighted by atomic mass is 10.1. The molecule has 1 aromatic heterocycles. The quantitative estimate of drug-likeness (QED) is 0.874. The van der Waals surface area contributed by atoms with Gasteiger partial charge >= 0.3 is 0 Å². The average molecular weight is 345 g/mol. The Bertz CT molecular complexity index is 741. The van der Waals surface area contributed by atoms with Gasteiger partial charge in [-0.05, 0) is 31.5 Å². The molecule has 2 aromatic rings. The predicted octanol–water partition coefficient (Wildman–Crippen LogP) is 3.21. The normalized spacial score (nSPS) is 13.3. The van der Waals surface area contributed by atoms with Gasteiger partial charge < -0.3 is 5.73 Å². The van der Waals surface area contributed by atoms with Gasteiger partial charge in [0.1, 0.15) is 0 Å². The highest BCUT2D eigenvalue weighted by Crippen LogP contribution is 2.28. The van der Waals surface area contributed by atoms with Crippen LogP contribution in [0.2, 0.25) is 5.02 Å². The van der Waals surface area contributed by atoms with Gasteiger partial charge in [0, 0.05) is 27.4 Å². The molecule has 21 heavy (non-hydrogen) atoms. The second-order valence-electron chi connectivity index (χ2n) is 4.70. The van der Waals surface area contributed by atoms with Crippen LogP contribution in [-0.4, -0.2) is 8.42 Å². The summed E-state index contributed by atoms with van der Waals surface area (Å²) in [7, 11) is -3.60. The number of thiophene rings is 1. The molecule has 0 radical (unpaired) electrons. The zero-order valence-corrected chi connectivity index (χ0v) is 14.1. The molecule has 4 nitrogen and oxygen atoms in total. The fourth-order valence-electron chi connectivity index (χ4n) is 2.08. The first-order valence-corrected chi connectivity index (χ1v) is 9.09. The van der Waals surface area contributed by atoms with Crippen molar-refractivity contribution in [3.05, 3.63) is 50.7 Å². The second kappa shape index (κ2) is 6.46. The van der Waals surface area contributed by atoms with Gasteiger partial charge in [-0.2, -0.15) is 0 Å². The summed E-state index contributed by atoms with van der Waals surface area (Å²) in [5.41, 5.74) is 6.31. The highest BCUT2D eigenvalue weighted by Gasteiger charge is 2.23. The maximum absolute atomic E-state index is 12.5. The van der Waals surface area contributed by atoms with Gasteiger partial charge in [0.2, 0.25) is 10.0 Å². The maximum atomic E-state index is 12.5. The van der Waals surface area contributed by atoms with E-state index in [2.05, 4.69) is 4.72 Å². The summed E-state index contributed by atoms with van der Waals surface area (Å²) in [5.74, 6) is 0. The van der Waals surface area contributed by atoms with E-state index in [1.54, 1.807) is 32.0 Å². The van der Waals surface area contributed by atoms with Crippen LogP contribution >= 0.6 is 22.9 Å². The molecule has 1 aromatic carbocycles. The molecular weight excluding hydrogens is 328 g/mol. The van der Waals surface area contributed by atoms with Gasteiger partial charge in [-0.25, -0.2) is 13.1 Å². The minimum absolute atomic E-state index is 0.284. The highest BCUT2D eigenvalue weighted by atomic mass is 35.5. The van der Waals surface area contributed by atoms with Crippen LogP contribution in [0.25, 0.3) is 0 Å². The zero-order valence-electron chi connectivity index (χ0n) is 11.8. The molecule has 3 N–H and O–H groups in total. The largest absolute Gasteiger partial charge is 0.326 e. The van der Waals surface area contributed by atoms with Crippen LogP contribution < -0.4 is 10.5 Å². The Kier molecular flexibility index (Phi) is 5.06. The molecule has 0 aliphatic carbocycles. The number of benzene rings is 1. The van der Waals surface area contributed by atoms with Gasteiger partial charge in [0.15, 0.2) is 0 Å². The molecule has 0 aliphatic heterocycles. The molecule has 0 saturated heterocycles. The summed E-state index contributed by atoms with van der Waals surface area (Å²) in [5, 5.41) is 0.539. The van der Waals surface area contributed by atoms with Crippen LogP contribution in [-0.2, 0) is 16.6 Å². The van der Waals surface area contributed by atoms with Crippen LogP contribution in [0, 0.1) is 6.92 Å². The van der Waals surface area contributed by atoms with E-state index in [-0.39, 0.29) is 4.90 Å². The summed E-state index contributed by atoms with van der Waals surface area (Å²) < 4.78 is 27.6. The van der Waals surface area contributed by atoms with Crippen LogP contribution in [0.3, 0.4) is 0 Å². The van der Waals surface area contributed by atoms with Crippen molar-refractivity contribution in [2.24, 2.45) is 5.73 Å². The Balaban J connectivity index is 2.29. The third-order valence-electron chi connectivity index (χ3n) is 3.12. The minimum Gasteiger partial charge on any atom is -0.326 e. The number of aryl methyl sites for hydroxylation is 1. The van der Waals surface area contributed by atoms with E-state index in [1.807, 2.05) is 12.1 Å². The Morgan fingerprint density at radius 1 is 1.38 bits per heavy atom. The SMILES string of the molecule is Cc1sc(CN)cc1S(=O)(=O)NC(C)c1ccccc1Cl. The number of rotatable bonds is 5. The Labute approximate surface area is 134 Å². The third-order valence-corrected chi connectivity index (χ3v) is 6.33. The lowest BCUT2D eigenvalue weighted by Crippen LogP contribution is -2.27. The van der Waals surface area contributed by atoms with Crippen molar-refractivity contribution >= 4 is 33.0 Å². The van der Waals surface area contributed by atoms with E-state index >= 15 is 0 Å². The van der Waals surface area contributed by atoms with Crippen LogP contribution in [0.4, 0.5) is 0 Å². The van der Waals surface area contributed by atoms with E-state index in [1.165, 1.54) is 11.3 Å². The number of nitrogens with two attached hydrogens (primary N) is 1. The molecule has 1 heterocycles. The smallest absolute Gasteiger partial charge is 0.242 e. The first-order valence-electron chi connectivity index (χ1n) is 6.41. The van der Waals surface area contributed by atoms with E-state index in [0.29, 0.717) is 11.6 Å². The minimum atomic E-state index is -3.60. The number of halogens is 1. The Morgan fingerprint density at radius 2 is 2.05 bits per heavy atom. The van der Waals surface area contributed by atoms with Crippen LogP contribution in [0.15, 0.2) is 35.2 Å². The molecule has 0 saturated carbocycles. The van der Waals surface area contributed by atoms with E-state index < -0.39 is 16.1 Å². The van der Waals surface area contributed by atoms with Gasteiger partial charge in [0.05, 0.1) is 4.90 Å². The first-order chi connectivity index (χ1) is 9.85. The van der Waals surface area contributed by atoms with Crippen molar-refractivity contribution in [1.29, 1.82) is 0 Å². The standard InChI is InChI=1S/C14H17ClN2O2S2/c1-9(12-5-3-4-6-13(12)15)17-21(18,19)14-7-11(8-16)20-10(14)2/h3-7,9,17H,8,16H2,1-2H3. The molecule has 0 amide bonds. The van der Waals surface area contributed by atoms with Gasteiger partial charge in [0.25, 0.3) is 0 Å². The summed E-state index contributed by atoms with van der Waals surface area (Å²) in [6.07, 6.45) is 0. The second-order valence-corrected chi connectivity index (χ2v) is 8.13. The molecule has 2 rings (SSSR count). The highest BCUT2D eigenvalue weighted by molar-refractivity contribution is 7.89. The average Bonchev–Trinajstić information content (AvgIpc) is 2.81. The van der Waals surface area contributed by atoms with E-state index in [0.717, 1.165) is 15.3 Å². The molecular formula is C14H17ClN2O2S2. The summed E-state index contributed by atoms with van der Waals surface area (Å²) in [4.78, 5) is 1.86. The lowest BCUT2D eigenvalue weighted by Gasteiger charge is -2.15. The topological polar surface area (TPSA) is 72.2 Å². The van der Waals surface area contributed by atoms with Crippen molar-refractivity contribution in [3.8, 4) is 0 Å². The molecule has 0 aliphatic rings. The van der Waals surface area contributed by atoms with Gasteiger partial charge in [-0.15, -0.1) is 11.3 Å². The van der Waals surface area contributed by atoms with Gasteiger partial charge in [-0.1, -0.05) is 29.8 Å². The van der Waals surface area contributed by atoms with Gasteiger partial charge in [-0.3, -0.25) is 0 Å².